The van der Waals surface area contributed by atoms with Gasteiger partial charge in [-0.15, -0.1) is 0 Å². The minimum absolute atomic E-state index is 0.321. The summed E-state index contributed by atoms with van der Waals surface area (Å²) in [6.45, 7) is 3.82. The zero-order valence-electron chi connectivity index (χ0n) is 12.3. The Morgan fingerprint density at radius 2 is 2.05 bits per heavy atom. The molecule has 0 spiro atoms. The Balaban J connectivity index is 2.78. The van der Waals surface area contributed by atoms with Crippen LogP contribution in [0.5, 0.6) is 0 Å². The van der Waals surface area contributed by atoms with E-state index in [0.29, 0.717) is 17.8 Å². The minimum Gasteiger partial charge on any atom is -0.449 e. The molecule has 1 aromatic rings. The number of nitrogen functional groups attached to an aromatic ring is 1. The Morgan fingerprint density at radius 1 is 1.40 bits per heavy atom. The molecule has 0 bridgehead atoms. The third-order valence-corrected chi connectivity index (χ3v) is 2.75. The van der Waals surface area contributed by atoms with Gasteiger partial charge in [-0.1, -0.05) is 0 Å². The van der Waals surface area contributed by atoms with Gasteiger partial charge in [0.25, 0.3) is 5.91 Å². The van der Waals surface area contributed by atoms with E-state index in [0.717, 1.165) is 5.69 Å². The van der Waals surface area contributed by atoms with Crippen LogP contribution in [0.25, 0.3) is 0 Å². The quantitative estimate of drug-likeness (QED) is 0.621. The second kappa shape index (κ2) is 6.79. The van der Waals surface area contributed by atoms with E-state index in [4.69, 9.17) is 10.5 Å². The van der Waals surface area contributed by atoms with E-state index in [1.165, 1.54) is 6.92 Å². The topological polar surface area (TPSA) is 84.7 Å². The average molecular weight is 279 g/mol. The number of hydrogen-bond donors (Lipinski definition) is 2. The number of nitrogens with zero attached hydrogens (tertiary/aromatic N) is 1. The van der Waals surface area contributed by atoms with Crippen molar-refractivity contribution in [3.8, 4) is 0 Å². The molecule has 1 rings (SSSR count). The molecule has 6 nitrogen and oxygen atoms in total. The SMILES string of the molecule is CCNC(=O)C(C)OC(=O)c1ccc(N(C)C)c(N)c1. The van der Waals surface area contributed by atoms with Gasteiger partial charge in [0.1, 0.15) is 0 Å². The molecule has 0 fully saturated rings. The van der Waals surface area contributed by atoms with Gasteiger partial charge in [0, 0.05) is 20.6 Å². The fourth-order valence-electron chi connectivity index (χ4n) is 1.69. The van der Waals surface area contributed by atoms with Crippen molar-refractivity contribution in [2.24, 2.45) is 0 Å². The van der Waals surface area contributed by atoms with Gasteiger partial charge in [0.15, 0.2) is 6.10 Å². The second-order valence-corrected chi connectivity index (χ2v) is 4.61. The van der Waals surface area contributed by atoms with Crippen molar-refractivity contribution < 1.29 is 14.3 Å². The van der Waals surface area contributed by atoms with Crippen LogP contribution >= 0.6 is 0 Å². The number of likely N-dealkylation sites (N-methyl/N-ethyl adjacent to an activating group) is 1. The van der Waals surface area contributed by atoms with Crippen LogP contribution < -0.4 is 16.0 Å². The maximum Gasteiger partial charge on any atom is 0.338 e. The van der Waals surface area contributed by atoms with Gasteiger partial charge in [0.05, 0.1) is 16.9 Å². The van der Waals surface area contributed by atoms with Crippen LogP contribution in [0.15, 0.2) is 18.2 Å². The molecule has 3 N–H and O–H groups in total. The van der Waals surface area contributed by atoms with Crippen molar-refractivity contribution in [2.45, 2.75) is 20.0 Å². The molecule has 20 heavy (non-hydrogen) atoms. The number of anilines is 2. The normalized spacial score (nSPS) is 11.6. The number of carbonyl (C=O) groups is 2. The van der Waals surface area contributed by atoms with E-state index in [1.54, 1.807) is 25.1 Å². The number of hydrogen-bond acceptors (Lipinski definition) is 5. The number of rotatable bonds is 5. The smallest absolute Gasteiger partial charge is 0.338 e. The van der Waals surface area contributed by atoms with Crippen molar-refractivity contribution in [1.29, 1.82) is 0 Å². The van der Waals surface area contributed by atoms with Crippen molar-refractivity contribution in [3.05, 3.63) is 23.8 Å². The number of esters is 1. The van der Waals surface area contributed by atoms with Crippen molar-refractivity contribution >= 4 is 23.3 Å². The predicted molar refractivity (Wildman–Crippen MR) is 78.7 cm³/mol. The van der Waals surface area contributed by atoms with Gasteiger partial charge < -0.3 is 20.7 Å². The highest BCUT2D eigenvalue weighted by Crippen LogP contribution is 2.22. The second-order valence-electron chi connectivity index (χ2n) is 4.61. The molecule has 1 unspecified atom stereocenters. The Hall–Kier alpha value is -2.24. The Labute approximate surface area is 118 Å². The number of benzene rings is 1. The third-order valence-electron chi connectivity index (χ3n) is 2.75. The first-order chi connectivity index (χ1) is 9.36. The van der Waals surface area contributed by atoms with Crippen LogP contribution in [-0.2, 0) is 9.53 Å². The predicted octanol–water partition coefficient (Wildman–Crippen LogP) is 1.02. The summed E-state index contributed by atoms with van der Waals surface area (Å²) in [5, 5.41) is 2.59. The van der Waals surface area contributed by atoms with Crippen LogP contribution in [0.1, 0.15) is 24.2 Å². The van der Waals surface area contributed by atoms with Gasteiger partial charge in [-0.25, -0.2) is 4.79 Å². The fourth-order valence-corrected chi connectivity index (χ4v) is 1.69. The van der Waals surface area contributed by atoms with E-state index < -0.39 is 12.1 Å². The van der Waals surface area contributed by atoms with Crippen LogP contribution in [0.3, 0.4) is 0 Å². The summed E-state index contributed by atoms with van der Waals surface area (Å²) in [4.78, 5) is 25.3. The first-order valence-electron chi connectivity index (χ1n) is 6.42. The van der Waals surface area contributed by atoms with E-state index >= 15 is 0 Å². The standard InChI is InChI=1S/C14H21N3O3/c1-5-16-13(18)9(2)20-14(19)10-6-7-12(17(3)4)11(15)8-10/h6-9H,5,15H2,1-4H3,(H,16,18). The largest absolute Gasteiger partial charge is 0.449 e. The fraction of sp³-hybridized carbons (Fsp3) is 0.429. The number of nitrogens with one attached hydrogen (secondary N) is 1. The summed E-state index contributed by atoms with van der Waals surface area (Å²) in [7, 11) is 3.72. The van der Waals surface area contributed by atoms with E-state index in [9.17, 15) is 9.59 Å². The van der Waals surface area contributed by atoms with Crippen molar-refractivity contribution in [2.75, 3.05) is 31.3 Å². The first kappa shape index (κ1) is 15.8. The molecule has 0 radical (unpaired) electrons. The van der Waals surface area contributed by atoms with E-state index in [1.807, 2.05) is 19.0 Å². The third kappa shape index (κ3) is 3.88. The van der Waals surface area contributed by atoms with Crippen LogP contribution in [-0.4, -0.2) is 38.6 Å². The Morgan fingerprint density at radius 3 is 2.55 bits per heavy atom. The molecule has 6 heteroatoms. The Kier molecular flexibility index (Phi) is 5.37. The van der Waals surface area contributed by atoms with Gasteiger partial charge >= 0.3 is 5.97 Å². The summed E-state index contributed by atoms with van der Waals surface area (Å²) >= 11 is 0. The summed E-state index contributed by atoms with van der Waals surface area (Å²) < 4.78 is 5.09. The molecule has 1 aromatic carbocycles. The molecule has 0 aliphatic carbocycles. The summed E-state index contributed by atoms with van der Waals surface area (Å²) in [5.74, 6) is -0.889. The van der Waals surface area contributed by atoms with Gasteiger partial charge in [-0.2, -0.15) is 0 Å². The highest BCUT2D eigenvalue weighted by Gasteiger charge is 2.18. The summed E-state index contributed by atoms with van der Waals surface area (Å²) in [5.41, 5.74) is 7.49. The molecule has 0 saturated heterocycles. The van der Waals surface area contributed by atoms with Crippen molar-refractivity contribution in [3.63, 3.8) is 0 Å². The molecule has 0 aromatic heterocycles. The monoisotopic (exact) mass is 279 g/mol. The summed E-state index contributed by atoms with van der Waals surface area (Å²) in [6.07, 6.45) is -0.836. The van der Waals surface area contributed by atoms with Crippen LogP contribution in [0.2, 0.25) is 0 Å². The van der Waals surface area contributed by atoms with Gasteiger partial charge in [0.2, 0.25) is 0 Å². The molecule has 0 heterocycles. The molecule has 1 atom stereocenters. The zero-order chi connectivity index (χ0) is 15.3. The molecule has 0 aliphatic heterocycles. The maximum absolute atomic E-state index is 11.9. The zero-order valence-corrected chi connectivity index (χ0v) is 12.3. The molecule has 1 amide bonds. The first-order valence-corrected chi connectivity index (χ1v) is 6.42. The molecular weight excluding hydrogens is 258 g/mol. The highest BCUT2D eigenvalue weighted by atomic mass is 16.5. The maximum atomic E-state index is 11.9. The van der Waals surface area contributed by atoms with E-state index in [2.05, 4.69) is 5.32 Å². The lowest BCUT2D eigenvalue weighted by Crippen LogP contribution is -2.35. The number of ether oxygens (including phenoxy) is 1. The average Bonchev–Trinajstić information content (AvgIpc) is 2.38. The molecular formula is C14H21N3O3. The lowest BCUT2D eigenvalue weighted by Gasteiger charge is -2.16. The highest BCUT2D eigenvalue weighted by molar-refractivity contribution is 5.94. The number of carbonyl (C=O) groups excluding carboxylic acids is 2. The number of nitrogens with two attached hydrogens (primary N) is 1. The van der Waals surface area contributed by atoms with E-state index in [-0.39, 0.29) is 5.91 Å². The molecule has 0 saturated carbocycles. The Bertz CT molecular complexity index is 500. The van der Waals surface area contributed by atoms with Crippen LogP contribution in [0.4, 0.5) is 11.4 Å². The summed E-state index contributed by atoms with van der Waals surface area (Å²) in [6, 6.07) is 4.91. The van der Waals surface area contributed by atoms with Crippen molar-refractivity contribution in [1.82, 2.24) is 5.32 Å². The molecule has 0 aliphatic rings. The van der Waals surface area contributed by atoms with Crippen LogP contribution in [0, 0.1) is 0 Å². The van der Waals surface area contributed by atoms with Gasteiger partial charge in [-0.3, -0.25) is 4.79 Å². The van der Waals surface area contributed by atoms with Gasteiger partial charge in [-0.05, 0) is 32.0 Å². The molecule has 110 valence electrons. The lowest BCUT2D eigenvalue weighted by atomic mass is 10.1. The number of amides is 1. The lowest BCUT2D eigenvalue weighted by molar-refractivity contribution is -0.128. The minimum atomic E-state index is -0.836.